The largest absolute Gasteiger partial charge is 0.343 e. The first-order valence-corrected chi connectivity index (χ1v) is 9.52. The summed E-state index contributed by atoms with van der Waals surface area (Å²) in [7, 11) is 0. The van der Waals surface area contributed by atoms with Crippen LogP contribution in [0, 0.1) is 0 Å². The topological polar surface area (TPSA) is 62.5 Å². The van der Waals surface area contributed by atoms with Gasteiger partial charge in [0.2, 0.25) is 11.8 Å². The lowest BCUT2D eigenvalue weighted by molar-refractivity contribution is -0.129. The maximum atomic E-state index is 11.4. The Morgan fingerprint density at radius 1 is 1.19 bits per heavy atom. The van der Waals surface area contributed by atoms with Crippen molar-refractivity contribution in [2.24, 2.45) is 0 Å². The Bertz CT molecular complexity index is 762. The number of halogens is 1. The quantitative estimate of drug-likeness (QED) is 0.823. The van der Waals surface area contributed by atoms with Gasteiger partial charge in [-0.15, -0.1) is 0 Å². The van der Waals surface area contributed by atoms with E-state index in [4.69, 9.17) is 16.1 Å². The zero-order chi connectivity index (χ0) is 18.1. The smallest absolute Gasteiger partial charge is 0.232 e. The molecule has 7 heteroatoms. The Balaban J connectivity index is 1.28. The molecule has 6 nitrogen and oxygen atoms in total. The van der Waals surface area contributed by atoms with Crippen molar-refractivity contribution in [1.29, 1.82) is 0 Å². The average molecular weight is 375 g/mol. The van der Waals surface area contributed by atoms with Crippen LogP contribution in [0.4, 0.5) is 0 Å². The molecule has 1 amide bonds. The third-order valence-electron chi connectivity index (χ3n) is 5.39. The van der Waals surface area contributed by atoms with Crippen LogP contribution < -0.4 is 0 Å². The highest BCUT2D eigenvalue weighted by Gasteiger charge is 2.34. The second-order valence-corrected chi connectivity index (χ2v) is 7.73. The Hall–Kier alpha value is -1.92. The van der Waals surface area contributed by atoms with E-state index in [1.165, 1.54) is 5.56 Å². The van der Waals surface area contributed by atoms with Crippen molar-refractivity contribution in [1.82, 2.24) is 19.9 Å². The van der Waals surface area contributed by atoms with Crippen molar-refractivity contribution >= 4 is 17.5 Å². The number of hydrogen-bond donors (Lipinski definition) is 0. The van der Waals surface area contributed by atoms with Crippen LogP contribution in [-0.4, -0.2) is 52.0 Å². The van der Waals surface area contributed by atoms with Gasteiger partial charge in [0.25, 0.3) is 0 Å². The van der Waals surface area contributed by atoms with Crippen LogP contribution in [0.1, 0.15) is 48.9 Å². The molecule has 4 rings (SSSR count). The van der Waals surface area contributed by atoms with Crippen LogP contribution in [0.2, 0.25) is 5.02 Å². The molecule has 2 aliphatic heterocycles. The van der Waals surface area contributed by atoms with Gasteiger partial charge in [-0.25, -0.2) is 0 Å². The lowest BCUT2D eigenvalue weighted by Crippen LogP contribution is -2.44. The highest BCUT2D eigenvalue weighted by Crippen LogP contribution is 2.31. The summed E-state index contributed by atoms with van der Waals surface area (Å²) >= 11 is 5.93. The van der Waals surface area contributed by atoms with Crippen molar-refractivity contribution in [2.45, 2.75) is 38.1 Å². The van der Waals surface area contributed by atoms with Gasteiger partial charge in [0.1, 0.15) is 0 Å². The SMILES string of the molecule is CC(=O)N1CCC(c2noc(C3CN(Cc4ccc(Cl)cc4)C3)n2)CC1. The first kappa shape index (κ1) is 17.5. The number of carbonyl (C=O) groups excluding carboxylic acids is 1. The molecule has 0 unspecified atom stereocenters. The number of nitrogens with zero attached hydrogens (tertiary/aromatic N) is 4. The van der Waals surface area contributed by atoms with Crippen LogP contribution >= 0.6 is 11.6 Å². The predicted molar refractivity (Wildman–Crippen MR) is 98.0 cm³/mol. The first-order chi connectivity index (χ1) is 12.6. The Kier molecular flexibility index (Phi) is 4.96. The van der Waals surface area contributed by atoms with E-state index in [-0.39, 0.29) is 5.91 Å². The molecule has 0 N–H and O–H groups in total. The summed E-state index contributed by atoms with van der Waals surface area (Å²) in [6.07, 6.45) is 1.82. The molecular formula is C19H23ClN4O2. The highest BCUT2D eigenvalue weighted by molar-refractivity contribution is 6.30. The summed E-state index contributed by atoms with van der Waals surface area (Å²) in [5.41, 5.74) is 1.26. The molecule has 0 aliphatic carbocycles. The summed E-state index contributed by atoms with van der Waals surface area (Å²) in [5, 5.41) is 4.98. The van der Waals surface area contributed by atoms with Gasteiger partial charge in [-0.2, -0.15) is 4.98 Å². The Morgan fingerprint density at radius 2 is 1.88 bits per heavy atom. The van der Waals surface area contributed by atoms with Crippen LogP contribution in [0.25, 0.3) is 0 Å². The van der Waals surface area contributed by atoms with Gasteiger partial charge in [0.05, 0.1) is 5.92 Å². The molecule has 0 bridgehead atoms. The summed E-state index contributed by atoms with van der Waals surface area (Å²) in [4.78, 5) is 20.3. The van der Waals surface area contributed by atoms with Gasteiger partial charge >= 0.3 is 0 Å². The number of amides is 1. The molecule has 0 saturated carbocycles. The summed E-state index contributed by atoms with van der Waals surface area (Å²) in [6.45, 7) is 5.97. The monoisotopic (exact) mass is 374 g/mol. The molecule has 1 aromatic carbocycles. The molecule has 26 heavy (non-hydrogen) atoms. The normalized spacial score (nSPS) is 19.5. The molecule has 2 aromatic rings. The number of piperidine rings is 1. The molecule has 0 spiro atoms. The van der Waals surface area contributed by atoms with Gasteiger partial charge in [0, 0.05) is 50.6 Å². The van der Waals surface area contributed by atoms with E-state index in [1.807, 2.05) is 17.0 Å². The van der Waals surface area contributed by atoms with Gasteiger partial charge in [-0.1, -0.05) is 28.9 Å². The molecule has 138 valence electrons. The number of benzene rings is 1. The van der Waals surface area contributed by atoms with Crippen LogP contribution in [0.5, 0.6) is 0 Å². The number of hydrogen-bond acceptors (Lipinski definition) is 5. The molecule has 2 fully saturated rings. The second-order valence-electron chi connectivity index (χ2n) is 7.29. The summed E-state index contributed by atoms with van der Waals surface area (Å²) < 4.78 is 5.52. The zero-order valence-electron chi connectivity index (χ0n) is 14.9. The van der Waals surface area contributed by atoms with Gasteiger partial charge in [0.15, 0.2) is 5.82 Å². The first-order valence-electron chi connectivity index (χ1n) is 9.14. The summed E-state index contributed by atoms with van der Waals surface area (Å²) in [6, 6.07) is 7.98. The average Bonchev–Trinajstić information content (AvgIpc) is 3.09. The second kappa shape index (κ2) is 7.37. The third kappa shape index (κ3) is 3.76. The lowest BCUT2D eigenvalue weighted by Gasteiger charge is -2.37. The minimum atomic E-state index is 0.146. The molecule has 3 heterocycles. The van der Waals surface area contributed by atoms with Crippen molar-refractivity contribution in [2.75, 3.05) is 26.2 Å². The fraction of sp³-hybridized carbons (Fsp3) is 0.526. The lowest BCUT2D eigenvalue weighted by atomic mass is 9.95. The van der Waals surface area contributed by atoms with Crippen molar-refractivity contribution in [3.8, 4) is 0 Å². The molecule has 2 aliphatic rings. The molecule has 0 atom stereocenters. The molecular weight excluding hydrogens is 352 g/mol. The number of carbonyl (C=O) groups is 1. The van der Waals surface area contributed by atoms with E-state index in [2.05, 4.69) is 27.2 Å². The number of aromatic nitrogens is 2. The van der Waals surface area contributed by atoms with Crippen LogP contribution in [0.3, 0.4) is 0 Å². The van der Waals surface area contributed by atoms with E-state index >= 15 is 0 Å². The number of likely N-dealkylation sites (tertiary alicyclic amines) is 2. The summed E-state index contributed by atoms with van der Waals surface area (Å²) in [5.74, 6) is 2.32. The standard InChI is InChI=1S/C19H23ClN4O2/c1-13(25)24-8-6-15(7-9-24)18-21-19(26-22-18)16-11-23(12-16)10-14-2-4-17(20)5-3-14/h2-5,15-16H,6-12H2,1H3. The van der Waals surface area contributed by atoms with Crippen LogP contribution in [0.15, 0.2) is 28.8 Å². The fourth-order valence-corrected chi connectivity index (χ4v) is 3.86. The van der Waals surface area contributed by atoms with Gasteiger partial charge < -0.3 is 9.42 Å². The van der Waals surface area contributed by atoms with E-state index in [0.29, 0.717) is 11.8 Å². The van der Waals surface area contributed by atoms with Gasteiger partial charge in [-0.3, -0.25) is 9.69 Å². The minimum Gasteiger partial charge on any atom is -0.343 e. The Morgan fingerprint density at radius 3 is 2.54 bits per heavy atom. The van der Waals surface area contributed by atoms with E-state index in [0.717, 1.165) is 62.3 Å². The molecule has 2 saturated heterocycles. The minimum absolute atomic E-state index is 0.146. The predicted octanol–water partition coefficient (Wildman–Crippen LogP) is 3.05. The van der Waals surface area contributed by atoms with E-state index < -0.39 is 0 Å². The maximum absolute atomic E-state index is 11.4. The highest BCUT2D eigenvalue weighted by atomic mass is 35.5. The zero-order valence-corrected chi connectivity index (χ0v) is 15.7. The molecule has 0 radical (unpaired) electrons. The van der Waals surface area contributed by atoms with Crippen molar-refractivity contribution in [3.63, 3.8) is 0 Å². The Labute approximate surface area is 158 Å². The fourth-order valence-electron chi connectivity index (χ4n) is 3.73. The maximum Gasteiger partial charge on any atom is 0.232 e. The third-order valence-corrected chi connectivity index (χ3v) is 5.64. The number of rotatable bonds is 4. The van der Waals surface area contributed by atoms with Crippen molar-refractivity contribution < 1.29 is 9.32 Å². The van der Waals surface area contributed by atoms with E-state index in [9.17, 15) is 4.79 Å². The van der Waals surface area contributed by atoms with Gasteiger partial charge in [-0.05, 0) is 30.5 Å². The van der Waals surface area contributed by atoms with E-state index in [1.54, 1.807) is 6.92 Å². The van der Waals surface area contributed by atoms with Crippen LogP contribution in [-0.2, 0) is 11.3 Å². The molecule has 1 aromatic heterocycles. The van der Waals surface area contributed by atoms with Crippen molar-refractivity contribution in [3.05, 3.63) is 46.6 Å².